The first kappa shape index (κ1) is 13.0. The van der Waals surface area contributed by atoms with E-state index in [2.05, 4.69) is 39.9 Å². The minimum absolute atomic E-state index is 0.0610. The summed E-state index contributed by atoms with van der Waals surface area (Å²) in [5.41, 5.74) is 1.03. The molecule has 0 aromatic carbocycles. The van der Waals surface area contributed by atoms with Crippen molar-refractivity contribution in [3.05, 3.63) is 21.9 Å². The van der Waals surface area contributed by atoms with E-state index in [9.17, 15) is 0 Å². The van der Waals surface area contributed by atoms with Crippen molar-refractivity contribution in [2.75, 3.05) is 31.2 Å². The standard InChI is InChI=1S/C13H17NOS2/c15-6-1-3-12-9-13(17-11-12)10-14-4-2-7-16-8-5-14/h9,11,15H,2,4-8,10H2. The maximum absolute atomic E-state index is 8.65. The summed E-state index contributed by atoms with van der Waals surface area (Å²) in [6.45, 7) is 3.39. The number of aliphatic hydroxyl groups excluding tert-OH is 1. The van der Waals surface area contributed by atoms with Crippen LogP contribution in [0.1, 0.15) is 16.9 Å². The lowest BCUT2D eigenvalue weighted by Crippen LogP contribution is -2.24. The van der Waals surface area contributed by atoms with Crippen molar-refractivity contribution in [1.82, 2.24) is 4.90 Å². The van der Waals surface area contributed by atoms with Gasteiger partial charge in [0.1, 0.15) is 6.61 Å². The van der Waals surface area contributed by atoms with Crippen molar-refractivity contribution in [3.63, 3.8) is 0 Å². The average molecular weight is 267 g/mol. The Morgan fingerprint density at radius 3 is 3.18 bits per heavy atom. The summed E-state index contributed by atoms with van der Waals surface area (Å²) in [5, 5.41) is 10.7. The van der Waals surface area contributed by atoms with Gasteiger partial charge in [0.2, 0.25) is 0 Å². The van der Waals surface area contributed by atoms with E-state index in [4.69, 9.17) is 5.11 Å². The molecule has 17 heavy (non-hydrogen) atoms. The van der Waals surface area contributed by atoms with Gasteiger partial charge in [-0.1, -0.05) is 11.8 Å². The summed E-state index contributed by atoms with van der Waals surface area (Å²) < 4.78 is 0. The van der Waals surface area contributed by atoms with Crippen LogP contribution in [0.2, 0.25) is 0 Å². The molecule has 1 saturated heterocycles. The van der Waals surface area contributed by atoms with Crippen molar-refractivity contribution >= 4 is 23.1 Å². The van der Waals surface area contributed by atoms with Crippen molar-refractivity contribution in [2.45, 2.75) is 13.0 Å². The van der Waals surface area contributed by atoms with Gasteiger partial charge in [0.05, 0.1) is 0 Å². The molecular formula is C13H17NOS2. The number of thiophene rings is 1. The first-order valence-electron chi connectivity index (χ1n) is 5.86. The van der Waals surface area contributed by atoms with Crippen LogP contribution >= 0.6 is 23.1 Å². The summed E-state index contributed by atoms with van der Waals surface area (Å²) in [5.74, 6) is 8.19. The normalized spacial score (nSPS) is 17.2. The third-order valence-electron chi connectivity index (χ3n) is 2.66. The zero-order valence-corrected chi connectivity index (χ0v) is 11.4. The summed E-state index contributed by atoms with van der Waals surface area (Å²) in [6, 6.07) is 2.14. The molecule has 1 aliphatic rings. The van der Waals surface area contributed by atoms with Crippen LogP contribution in [-0.4, -0.2) is 41.2 Å². The van der Waals surface area contributed by atoms with Crippen LogP contribution in [0.15, 0.2) is 11.4 Å². The van der Waals surface area contributed by atoms with Gasteiger partial charge in [-0.2, -0.15) is 11.8 Å². The molecule has 0 amide bonds. The Bertz CT molecular complexity index is 397. The van der Waals surface area contributed by atoms with Gasteiger partial charge in [-0.25, -0.2) is 0 Å². The molecule has 0 spiro atoms. The smallest absolute Gasteiger partial charge is 0.104 e. The zero-order valence-electron chi connectivity index (χ0n) is 9.82. The second-order valence-corrected chi connectivity index (χ2v) is 6.22. The number of hydrogen-bond donors (Lipinski definition) is 1. The predicted octanol–water partition coefficient (Wildman–Crippen LogP) is 2.03. The van der Waals surface area contributed by atoms with E-state index in [1.165, 1.54) is 35.9 Å². The molecule has 0 saturated carbocycles. The molecule has 0 radical (unpaired) electrons. The van der Waals surface area contributed by atoms with E-state index in [-0.39, 0.29) is 6.61 Å². The highest BCUT2D eigenvalue weighted by Gasteiger charge is 2.10. The fourth-order valence-electron chi connectivity index (χ4n) is 1.85. The Labute approximate surface area is 111 Å². The molecule has 2 rings (SSSR count). The second kappa shape index (κ2) is 7.07. The predicted molar refractivity (Wildman–Crippen MR) is 75.5 cm³/mol. The molecule has 0 atom stereocenters. The van der Waals surface area contributed by atoms with E-state index >= 15 is 0 Å². The monoisotopic (exact) mass is 267 g/mol. The van der Waals surface area contributed by atoms with E-state index in [1.807, 2.05) is 0 Å². The number of aliphatic hydroxyl groups is 1. The van der Waals surface area contributed by atoms with E-state index in [0.717, 1.165) is 12.1 Å². The number of hydrogen-bond acceptors (Lipinski definition) is 4. The fourth-order valence-corrected chi connectivity index (χ4v) is 3.63. The summed E-state index contributed by atoms with van der Waals surface area (Å²) in [7, 11) is 0. The molecular weight excluding hydrogens is 250 g/mol. The molecule has 0 bridgehead atoms. The van der Waals surface area contributed by atoms with Crippen molar-refractivity contribution in [1.29, 1.82) is 0 Å². The number of nitrogens with zero attached hydrogens (tertiary/aromatic N) is 1. The lowest BCUT2D eigenvalue weighted by molar-refractivity contribution is 0.290. The van der Waals surface area contributed by atoms with E-state index in [0.29, 0.717) is 0 Å². The number of rotatable bonds is 2. The minimum atomic E-state index is -0.0610. The largest absolute Gasteiger partial charge is 0.384 e. The summed E-state index contributed by atoms with van der Waals surface area (Å²) in [4.78, 5) is 3.90. The average Bonchev–Trinajstić information content (AvgIpc) is 2.61. The van der Waals surface area contributed by atoms with Gasteiger partial charge in [0.25, 0.3) is 0 Å². The Morgan fingerprint density at radius 2 is 2.29 bits per heavy atom. The molecule has 0 aliphatic carbocycles. The highest BCUT2D eigenvalue weighted by molar-refractivity contribution is 7.99. The minimum Gasteiger partial charge on any atom is -0.384 e. The topological polar surface area (TPSA) is 23.5 Å². The highest BCUT2D eigenvalue weighted by atomic mass is 32.2. The Morgan fingerprint density at radius 1 is 1.35 bits per heavy atom. The molecule has 1 aromatic heterocycles. The number of thioether (sulfide) groups is 1. The highest BCUT2D eigenvalue weighted by Crippen LogP contribution is 2.18. The molecule has 1 N–H and O–H groups in total. The molecule has 2 nitrogen and oxygen atoms in total. The maximum Gasteiger partial charge on any atom is 0.104 e. The molecule has 4 heteroatoms. The molecule has 1 fully saturated rings. The zero-order chi connectivity index (χ0) is 11.9. The van der Waals surface area contributed by atoms with Crippen LogP contribution in [0.3, 0.4) is 0 Å². The van der Waals surface area contributed by atoms with Crippen LogP contribution in [0.5, 0.6) is 0 Å². The second-order valence-electron chi connectivity index (χ2n) is 4.00. The van der Waals surface area contributed by atoms with Gasteiger partial charge in [0.15, 0.2) is 0 Å². The van der Waals surface area contributed by atoms with Crippen LogP contribution in [0, 0.1) is 11.8 Å². The van der Waals surface area contributed by atoms with Crippen molar-refractivity contribution in [2.24, 2.45) is 0 Å². The van der Waals surface area contributed by atoms with Gasteiger partial charge < -0.3 is 5.11 Å². The SMILES string of the molecule is OCC#Cc1csc(CN2CCCSCC2)c1. The van der Waals surface area contributed by atoms with Crippen LogP contribution in [0.4, 0.5) is 0 Å². The Hall–Kier alpha value is -0.470. The van der Waals surface area contributed by atoms with Crippen LogP contribution < -0.4 is 0 Å². The molecule has 92 valence electrons. The lowest BCUT2D eigenvalue weighted by Gasteiger charge is -2.17. The summed E-state index contributed by atoms with van der Waals surface area (Å²) in [6.07, 6.45) is 1.30. The van der Waals surface area contributed by atoms with Gasteiger partial charge in [0, 0.05) is 34.7 Å². The molecule has 0 unspecified atom stereocenters. The first-order chi connectivity index (χ1) is 8.38. The van der Waals surface area contributed by atoms with E-state index in [1.54, 1.807) is 11.3 Å². The van der Waals surface area contributed by atoms with Crippen molar-refractivity contribution < 1.29 is 5.11 Å². The van der Waals surface area contributed by atoms with Gasteiger partial charge in [-0.05, 0) is 24.8 Å². The Balaban J connectivity index is 1.91. The summed E-state index contributed by atoms with van der Waals surface area (Å²) >= 11 is 3.83. The third-order valence-corrected chi connectivity index (χ3v) is 4.63. The quantitative estimate of drug-likeness (QED) is 0.830. The fraction of sp³-hybridized carbons (Fsp3) is 0.538. The lowest BCUT2D eigenvalue weighted by atomic mass is 10.3. The van der Waals surface area contributed by atoms with Crippen LogP contribution in [-0.2, 0) is 6.54 Å². The maximum atomic E-state index is 8.65. The van der Waals surface area contributed by atoms with E-state index < -0.39 is 0 Å². The molecule has 1 aromatic rings. The third kappa shape index (κ3) is 4.36. The molecule has 2 heterocycles. The van der Waals surface area contributed by atoms with Gasteiger partial charge in [-0.3, -0.25) is 4.90 Å². The Kier molecular flexibility index (Phi) is 5.40. The van der Waals surface area contributed by atoms with Gasteiger partial charge in [-0.15, -0.1) is 11.3 Å². The first-order valence-corrected chi connectivity index (χ1v) is 7.89. The molecule has 1 aliphatic heterocycles. The van der Waals surface area contributed by atoms with Gasteiger partial charge >= 0.3 is 0 Å². The van der Waals surface area contributed by atoms with Crippen LogP contribution in [0.25, 0.3) is 0 Å². The van der Waals surface area contributed by atoms with Crippen molar-refractivity contribution in [3.8, 4) is 11.8 Å².